The molecule has 21 heavy (non-hydrogen) atoms. The Morgan fingerprint density at radius 2 is 1.86 bits per heavy atom. The van der Waals surface area contributed by atoms with Gasteiger partial charge >= 0.3 is 6.09 Å². The van der Waals surface area contributed by atoms with Gasteiger partial charge in [0.1, 0.15) is 6.61 Å². The van der Waals surface area contributed by atoms with Crippen LogP contribution < -0.4 is 10.6 Å². The van der Waals surface area contributed by atoms with Crippen LogP contribution in [0.2, 0.25) is 0 Å². The van der Waals surface area contributed by atoms with Crippen molar-refractivity contribution < 1.29 is 14.3 Å². The Balaban J connectivity index is 2.63. The first-order valence-electron chi connectivity index (χ1n) is 6.85. The van der Waals surface area contributed by atoms with Crippen LogP contribution in [-0.4, -0.2) is 31.7 Å². The molecule has 0 aliphatic rings. The highest BCUT2D eigenvalue weighted by molar-refractivity contribution is 5.73. The van der Waals surface area contributed by atoms with E-state index in [2.05, 4.69) is 17.2 Å². The Kier molecular flexibility index (Phi) is 7.01. The molecule has 5 nitrogen and oxygen atoms in total. The molecule has 114 valence electrons. The van der Waals surface area contributed by atoms with Crippen molar-refractivity contribution in [1.82, 2.24) is 10.6 Å². The van der Waals surface area contributed by atoms with Crippen molar-refractivity contribution >= 4 is 12.0 Å². The maximum Gasteiger partial charge on any atom is 0.407 e. The third-order valence-corrected chi connectivity index (χ3v) is 2.97. The number of benzene rings is 1. The summed E-state index contributed by atoms with van der Waals surface area (Å²) in [6.07, 6.45) is 1.02. The van der Waals surface area contributed by atoms with Crippen LogP contribution in [0, 0.1) is 6.92 Å². The molecule has 0 aromatic heterocycles. The second kappa shape index (κ2) is 8.79. The van der Waals surface area contributed by atoms with Crippen LogP contribution in [0.1, 0.15) is 24.0 Å². The van der Waals surface area contributed by atoms with Crippen LogP contribution in [0.5, 0.6) is 0 Å². The number of rotatable bonds is 7. The summed E-state index contributed by atoms with van der Waals surface area (Å²) >= 11 is 0. The van der Waals surface area contributed by atoms with Crippen LogP contribution >= 0.6 is 0 Å². The van der Waals surface area contributed by atoms with E-state index < -0.39 is 6.09 Å². The number of carbonyl (C=O) groups is 2. The Morgan fingerprint density at radius 3 is 2.43 bits per heavy atom. The maximum atomic E-state index is 11.5. The van der Waals surface area contributed by atoms with Gasteiger partial charge in [0, 0.05) is 25.9 Å². The summed E-state index contributed by atoms with van der Waals surface area (Å²) in [7, 11) is 0. The molecule has 1 aromatic carbocycles. The van der Waals surface area contributed by atoms with Gasteiger partial charge in [-0.2, -0.15) is 0 Å². The number of nitrogens with one attached hydrogen (secondary N) is 2. The van der Waals surface area contributed by atoms with Gasteiger partial charge in [0.25, 0.3) is 0 Å². The fraction of sp³-hybridized carbons (Fsp3) is 0.375. The highest BCUT2D eigenvalue weighted by Crippen LogP contribution is 2.15. The van der Waals surface area contributed by atoms with Gasteiger partial charge in [-0.15, -0.1) is 0 Å². The second-order valence-corrected chi connectivity index (χ2v) is 4.81. The van der Waals surface area contributed by atoms with E-state index >= 15 is 0 Å². The van der Waals surface area contributed by atoms with Crippen molar-refractivity contribution in [3.05, 3.63) is 48.0 Å². The predicted octanol–water partition coefficient (Wildman–Crippen LogP) is 2.13. The van der Waals surface area contributed by atoms with E-state index in [0.29, 0.717) is 13.1 Å². The summed E-state index contributed by atoms with van der Waals surface area (Å²) in [5.74, 6) is -0.105. The van der Waals surface area contributed by atoms with E-state index in [-0.39, 0.29) is 18.4 Å². The Labute approximate surface area is 125 Å². The topological polar surface area (TPSA) is 67.4 Å². The third-order valence-electron chi connectivity index (χ3n) is 2.97. The average molecular weight is 290 g/mol. The number of alkyl carbamates (subject to hydrolysis) is 1. The lowest BCUT2D eigenvalue weighted by Gasteiger charge is -2.18. The SMILES string of the molecule is C=CCOC(=O)NCC(CNC(C)=O)c1ccc(C)cc1. The summed E-state index contributed by atoms with van der Waals surface area (Å²) in [5, 5.41) is 5.47. The molecule has 0 aliphatic heterocycles. The number of aryl methyl sites for hydroxylation is 1. The minimum Gasteiger partial charge on any atom is -0.445 e. The summed E-state index contributed by atoms with van der Waals surface area (Å²) in [4.78, 5) is 22.5. The van der Waals surface area contributed by atoms with Crippen molar-refractivity contribution in [3.8, 4) is 0 Å². The van der Waals surface area contributed by atoms with Crippen molar-refractivity contribution in [3.63, 3.8) is 0 Å². The van der Waals surface area contributed by atoms with Gasteiger partial charge in [0.2, 0.25) is 5.91 Å². The highest BCUT2D eigenvalue weighted by atomic mass is 16.5. The van der Waals surface area contributed by atoms with E-state index in [1.807, 2.05) is 31.2 Å². The van der Waals surface area contributed by atoms with Crippen molar-refractivity contribution in [2.75, 3.05) is 19.7 Å². The molecule has 0 saturated carbocycles. The largest absolute Gasteiger partial charge is 0.445 e. The van der Waals surface area contributed by atoms with Gasteiger partial charge in [-0.25, -0.2) is 4.79 Å². The third kappa shape index (κ3) is 6.61. The van der Waals surface area contributed by atoms with Crippen molar-refractivity contribution in [2.24, 2.45) is 0 Å². The number of hydrogen-bond donors (Lipinski definition) is 2. The van der Waals surface area contributed by atoms with Crippen molar-refractivity contribution in [1.29, 1.82) is 0 Å². The monoisotopic (exact) mass is 290 g/mol. The van der Waals surface area contributed by atoms with E-state index in [4.69, 9.17) is 4.74 Å². The lowest BCUT2D eigenvalue weighted by molar-refractivity contribution is -0.119. The van der Waals surface area contributed by atoms with Crippen LogP contribution in [0.25, 0.3) is 0 Å². The average Bonchev–Trinajstić information content (AvgIpc) is 2.46. The van der Waals surface area contributed by atoms with Crippen LogP contribution in [-0.2, 0) is 9.53 Å². The molecule has 1 atom stereocenters. The molecule has 2 N–H and O–H groups in total. The molecule has 0 spiro atoms. The van der Waals surface area contributed by atoms with E-state index in [1.54, 1.807) is 0 Å². The Bertz CT molecular complexity index is 483. The molecule has 0 fully saturated rings. The van der Waals surface area contributed by atoms with Crippen LogP contribution in [0.15, 0.2) is 36.9 Å². The first-order valence-corrected chi connectivity index (χ1v) is 6.85. The number of amides is 2. The molecule has 0 bridgehead atoms. The molecule has 1 rings (SSSR count). The number of ether oxygens (including phenoxy) is 1. The molecular weight excluding hydrogens is 268 g/mol. The zero-order chi connectivity index (χ0) is 15.7. The van der Waals surface area contributed by atoms with E-state index in [0.717, 1.165) is 11.1 Å². The molecule has 1 unspecified atom stereocenters. The first-order chi connectivity index (χ1) is 10.0. The number of carbonyl (C=O) groups excluding carboxylic acids is 2. The molecule has 0 heterocycles. The molecule has 0 saturated heterocycles. The summed E-state index contributed by atoms with van der Waals surface area (Å²) in [6, 6.07) is 8.01. The molecule has 0 aliphatic carbocycles. The van der Waals surface area contributed by atoms with Gasteiger partial charge in [0.05, 0.1) is 0 Å². The summed E-state index contributed by atoms with van der Waals surface area (Å²) in [6.45, 7) is 7.98. The summed E-state index contributed by atoms with van der Waals surface area (Å²) < 4.78 is 4.87. The Hall–Kier alpha value is -2.30. The van der Waals surface area contributed by atoms with Crippen molar-refractivity contribution in [2.45, 2.75) is 19.8 Å². The van der Waals surface area contributed by atoms with Gasteiger partial charge in [-0.3, -0.25) is 4.79 Å². The molecule has 0 radical (unpaired) electrons. The lowest BCUT2D eigenvalue weighted by atomic mass is 9.98. The summed E-state index contributed by atoms with van der Waals surface area (Å²) in [5.41, 5.74) is 2.22. The first kappa shape index (κ1) is 16.8. The van der Waals surface area contributed by atoms with E-state index in [9.17, 15) is 9.59 Å². The highest BCUT2D eigenvalue weighted by Gasteiger charge is 2.14. The molecule has 1 aromatic rings. The minimum atomic E-state index is -0.491. The molecule has 5 heteroatoms. The van der Waals surface area contributed by atoms with Crippen LogP contribution in [0.3, 0.4) is 0 Å². The zero-order valence-electron chi connectivity index (χ0n) is 12.5. The van der Waals surface area contributed by atoms with Crippen LogP contribution in [0.4, 0.5) is 4.79 Å². The zero-order valence-corrected chi connectivity index (χ0v) is 12.5. The number of hydrogen-bond acceptors (Lipinski definition) is 3. The van der Waals surface area contributed by atoms with Gasteiger partial charge in [-0.05, 0) is 12.5 Å². The Morgan fingerprint density at radius 1 is 1.24 bits per heavy atom. The van der Waals surface area contributed by atoms with Gasteiger partial charge in [-0.1, -0.05) is 42.5 Å². The standard InChI is InChI=1S/C16H22N2O3/c1-4-9-21-16(20)18-11-15(10-17-13(3)19)14-7-5-12(2)6-8-14/h4-8,15H,1,9-11H2,2-3H3,(H,17,19)(H,18,20). The van der Waals surface area contributed by atoms with Gasteiger partial charge in [0.15, 0.2) is 0 Å². The predicted molar refractivity (Wildman–Crippen MR) is 82.2 cm³/mol. The quantitative estimate of drug-likeness (QED) is 0.756. The normalized spacial score (nSPS) is 11.3. The minimum absolute atomic E-state index is 0.00854. The molecular formula is C16H22N2O3. The fourth-order valence-corrected chi connectivity index (χ4v) is 1.81. The van der Waals surface area contributed by atoms with Gasteiger partial charge < -0.3 is 15.4 Å². The molecule has 2 amide bonds. The second-order valence-electron chi connectivity index (χ2n) is 4.81. The lowest BCUT2D eigenvalue weighted by Crippen LogP contribution is -2.35. The smallest absolute Gasteiger partial charge is 0.407 e. The van der Waals surface area contributed by atoms with E-state index in [1.165, 1.54) is 13.0 Å². The fourth-order valence-electron chi connectivity index (χ4n) is 1.81. The maximum absolute atomic E-state index is 11.5.